The molecule has 2 aromatic heterocycles. The summed E-state index contributed by atoms with van der Waals surface area (Å²) in [5, 5.41) is 14.3. The number of carbonyl (C=O) groups excluding carboxylic acids is 1. The molecule has 7 heteroatoms. The predicted octanol–water partition coefficient (Wildman–Crippen LogP) is 4.45. The van der Waals surface area contributed by atoms with Crippen molar-refractivity contribution in [1.82, 2.24) is 14.8 Å². The Morgan fingerprint density at radius 2 is 2.12 bits per heavy atom. The van der Waals surface area contributed by atoms with Crippen molar-refractivity contribution in [2.45, 2.75) is 32.3 Å². The van der Waals surface area contributed by atoms with Gasteiger partial charge in [0.1, 0.15) is 0 Å². The van der Waals surface area contributed by atoms with Gasteiger partial charge in [-0.2, -0.15) is 0 Å². The van der Waals surface area contributed by atoms with E-state index in [0.29, 0.717) is 5.75 Å². The highest BCUT2D eigenvalue weighted by Crippen LogP contribution is 2.27. The standard InChI is InChI=1S/C19H22N4OS2/c1-5-15-9-14(10-25-15)18-21-22-19(23(18)4)26-11-17(24)20-16-8-6-7-12(2)13(16)3/h6-10H,5,11H2,1-4H3,(H,20,24). The first kappa shape index (κ1) is 18.7. The molecule has 136 valence electrons. The van der Waals surface area contributed by atoms with Crippen LogP contribution in [0.5, 0.6) is 0 Å². The lowest BCUT2D eigenvalue weighted by molar-refractivity contribution is -0.113. The number of thiophene rings is 1. The van der Waals surface area contributed by atoms with Gasteiger partial charge in [-0.25, -0.2) is 0 Å². The van der Waals surface area contributed by atoms with E-state index in [2.05, 4.69) is 33.9 Å². The Kier molecular flexibility index (Phi) is 5.78. The number of nitrogens with zero attached hydrogens (tertiary/aromatic N) is 3. The van der Waals surface area contributed by atoms with E-state index in [1.807, 2.05) is 43.7 Å². The third-order valence-corrected chi connectivity index (χ3v) is 6.41. The van der Waals surface area contributed by atoms with E-state index < -0.39 is 0 Å². The van der Waals surface area contributed by atoms with E-state index in [1.165, 1.54) is 16.6 Å². The zero-order valence-electron chi connectivity index (χ0n) is 15.4. The number of benzene rings is 1. The molecule has 5 nitrogen and oxygen atoms in total. The highest BCUT2D eigenvalue weighted by atomic mass is 32.2. The van der Waals surface area contributed by atoms with Crippen LogP contribution in [0, 0.1) is 13.8 Å². The molecule has 0 saturated heterocycles. The van der Waals surface area contributed by atoms with Crippen LogP contribution in [0.25, 0.3) is 11.4 Å². The second-order valence-corrected chi connectivity index (χ2v) is 8.04. The topological polar surface area (TPSA) is 59.8 Å². The summed E-state index contributed by atoms with van der Waals surface area (Å²) < 4.78 is 1.94. The summed E-state index contributed by atoms with van der Waals surface area (Å²) in [7, 11) is 1.93. The van der Waals surface area contributed by atoms with Crippen LogP contribution in [-0.4, -0.2) is 26.4 Å². The largest absolute Gasteiger partial charge is 0.325 e. The minimum atomic E-state index is -0.0444. The molecule has 1 aromatic carbocycles. The van der Waals surface area contributed by atoms with Crippen molar-refractivity contribution >= 4 is 34.7 Å². The molecule has 26 heavy (non-hydrogen) atoms. The fraction of sp³-hybridized carbons (Fsp3) is 0.316. The van der Waals surface area contributed by atoms with Gasteiger partial charge in [-0.15, -0.1) is 21.5 Å². The number of hydrogen-bond acceptors (Lipinski definition) is 5. The lowest BCUT2D eigenvalue weighted by Gasteiger charge is -2.10. The molecule has 0 saturated carbocycles. The van der Waals surface area contributed by atoms with Crippen LogP contribution in [0.3, 0.4) is 0 Å². The molecule has 0 atom stereocenters. The summed E-state index contributed by atoms with van der Waals surface area (Å²) in [6.45, 7) is 6.19. The van der Waals surface area contributed by atoms with Crippen molar-refractivity contribution < 1.29 is 4.79 Å². The average Bonchev–Trinajstić information content (AvgIpc) is 3.23. The molecule has 0 spiro atoms. The molecule has 0 radical (unpaired) electrons. The van der Waals surface area contributed by atoms with Gasteiger partial charge < -0.3 is 9.88 Å². The molecule has 2 heterocycles. The van der Waals surface area contributed by atoms with Gasteiger partial charge in [-0.1, -0.05) is 30.8 Å². The highest BCUT2D eigenvalue weighted by molar-refractivity contribution is 7.99. The van der Waals surface area contributed by atoms with Gasteiger partial charge in [-0.05, 0) is 43.5 Å². The quantitative estimate of drug-likeness (QED) is 0.636. The minimum absolute atomic E-state index is 0.0444. The third kappa shape index (κ3) is 3.99. The van der Waals surface area contributed by atoms with Crippen molar-refractivity contribution in [3.05, 3.63) is 45.6 Å². The fourth-order valence-electron chi connectivity index (χ4n) is 2.58. The molecule has 0 fully saturated rings. The molecule has 3 aromatic rings. The summed E-state index contributed by atoms with van der Waals surface area (Å²) >= 11 is 3.13. The van der Waals surface area contributed by atoms with Crippen molar-refractivity contribution in [2.24, 2.45) is 7.05 Å². The van der Waals surface area contributed by atoms with Gasteiger partial charge in [-0.3, -0.25) is 4.79 Å². The second kappa shape index (κ2) is 8.05. The molecule has 0 aliphatic carbocycles. The number of rotatable bonds is 6. The van der Waals surface area contributed by atoms with Crippen LogP contribution in [-0.2, 0) is 18.3 Å². The summed E-state index contributed by atoms with van der Waals surface area (Å²) in [4.78, 5) is 13.6. The first-order valence-corrected chi connectivity index (χ1v) is 10.3. The maximum absolute atomic E-state index is 12.3. The van der Waals surface area contributed by atoms with Gasteiger partial charge in [0, 0.05) is 28.6 Å². The van der Waals surface area contributed by atoms with E-state index in [0.717, 1.165) is 39.8 Å². The Balaban J connectivity index is 1.65. The summed E-state index contributed by atoms with van der Waals surface area (Å²) in [5.41, 5.74) is 4.19. The van der Waals surface area contributed by atoms with Crippen LogP contribution >= 0.6 is 23.1 Å². The molecule has 0 bridgehead atoms. The van der Waals surface area contributed by atoms with Crippen molar-refractivity contribution in [3.8, 4) is 11.4 Å². The van der Waals surface area contributed by atoms with Gasteiger partial charge >= 0.3 is 0 Å². The predicted molar refractivity (Wildman–Crippen MR) is 109 cm³/mol. The number of carbonyl (C=O) groups is 1. The summed E-state index contributed by atoms with van der Waals surface area (Å²) in [6.07, 6.45) is 1.02. The Bertz CT molecular complexity index is 930. The number of anilines is 1. The lowest BCUT2D eigenvalue weighted by atomic mass is 10.1. The van der Waals surface area contributed by atoms with Crippen LogP contribution in [0.1, 0.15) is 22.9 Å². The third-order valence-electron chi connectivity index (χ3n) is 4.31. The van der Waals surface area contributed by atoms with E-state index in [1.54, 1.807) is 11.3 Å². The first-order valence-electron chi connectivity index (χ1n) is 8.45. The minimum Gasteiger partial charge on any atom is -0.325 e. The summed E-state index contributed by atoms with van der Waals surface area (Å²) in [5.74, 6) is 1.08. The number of aromatic nitrogens is 3. The molecule has 0 aliphatic heterocycles. The highest BCUT2D eigenvalue weighted by Gasteiger charge is 2.14. The van der Waals surface area contributed by atoms with Crippen LogP contribution < -0.4 is 5.32 Å². The molecule has 3 rings (SSSR count). The number of hydrogen-bond donors (Lipinski definition) is 1. The van der Waals surface area contributed by atoms with E-state index in [-0.39, 0.29) is 5.91 Å². The molecule has 1 N–H and O–H groups in total. The summed E-state index contributed by atoms with van der Waals surface area (Å²) in [6, 6.07) is 8.06. The molecule has 0 aliphatic rings. The Morgan fingerprint density at radius 1 is 1.31 bits per heavy atom. The molecule has 0 unspecified atom stereocenters. The molecular formula is C19H22N4OS2. The van der Waals surface area contributed by atoms with E-state index in [4.69, 9.17) is 0 Å². The first-order chi connectivity index (χ1) is 12.5. The number of aryl methyl sites for hydroxylation is 2. The van der Waals surface area contributed by atoms with Gasteiger partial charge in [0.05, 0.1) is 5.75 Å². The number of thioether (sulfide) groups is 1. The monoisotopic (exact) mass is 386 g/mol. The number of nitrogens with one attached hydrogen (secondary N) is 1. The van der Waals surface area contributed by atoms with Crippen molar-refractivity contribution in [3.63, 3.8) is 0 Å². The Labute approximate surface area is 161 Å². The van der Waals surface area contributed by atoms with E-state index >= 15 is 0 Å². The van der Waals surface area contributed by atoms with Gasteiger partial charge in [0.15, 0.2) is 11.0 Å². The Morgan fingerprint density at radius 3 is 2.85 bits per heavy atom. The maximum atomic E-state index is 12.3. The zero-order chi connectivity index (χ0) is 18.7. The fourth-order valence-corrected chi connectivity index (χ4v) is 4.10. The second-order valence-electron chi connectivity index (χ2n) is 6.10. The Hall–Kier alpha value is -2.12. The normalized spacial score (nSPS) is 10.9. The molecular weight excluding hydrogens is 364 g/mol. The van der Waals surface area contributed by atoms with Crippen molar-refractivity contribution in [2.75, 3.05) is 11.1 Å². The smallest absolute Gasteiger partial charge is 0.234 e. The number of amides is 1. The van der Waals surface area contributed by atoms with E-state index in [9.17, 15) is 4.79 Å². The average molecular weight is 387 g/mol. The zero-order valence-corrected chi connectivity index (χ0v) is 17.0. The SMILES string of the molecule is CCc1cc(-c2nnc(SCC(=O)Nc3cccc(C)c3C)n2C)cs1. The van der Waals surface area contributed by atoms with Crippen LogP contribution in [0.15, 0.2) is 34.8 Å². The van der Waals surface area contributed by atoms with Crippen molar-refractivity contribution in [1.29, 1.82) is 0 Å². The lowest BCUT2D eigenvalue weighted by Crippen LogP contribution is -2.15. The molecule has 1 amide bonds. The maximum Gasteiger partial charge on any atom is 0.234 e. The van der Waals surface area contributed by atoms with Crippen LogP contribution in [0.2, 0.25) is 0 Å². The van der Waals surface area contributed by atoms with Crippen LogP contribution in [0.4, 0.5) is 5.69 Å². The van der Waals surface area contributed by atoms with Gasteiger partial charge in [0.2, 0.25) is 5.91 Å². The van der Waals surface area contributed by atoms with Gasteiger partial charge in [0.25, 0.3) is 0 Å².